The Morgan fingerprint density at radius 3 is 2.25 bits per heavy atom. The second-order valence-electron chi connectivity index (χ2n) is 1.81. The van der Waals surface area contributed by atoms with Crippen molar-refractivity contribution in [1.82, 2.24) is 0 Å². The Balaban J connectivity index is 2.38. The van der Waals surface area contributed by atoms with E-state index in [9.17, 15) is 8.42 Å². The first-order chi connectivity index (χ1) is 3.67. The number of hydrogen-bond donors (Lipinski definition) is 0. The van der Waals surface area contributed by atoms with Crippen molar-refractivity contribution in [2.75, 3.05) is 0 Å². The lowest BCUT2D eigenvalue weighted by atomic mass is 10.4. The Kier molecular flexibility index (Phi) is 1.28. The zero-order chi connectivity index (χ0) is 6.20. The molecule has 3 nitrogen and oxygen atoms in total. The average molecular weight is 136 g/mol. The van der Waals surface area contributed by atoms with Gasteiger partial charge in [-0.2, -0.15) is 8.42 Å². The summed E-state index contributed by atoms with van der Waals surface area (Å²) in [6, 6.07) is 0. The van der Waals surface area contributed by atoms with Gasteiger partial charge in [0, 0.05) is 0 Å². The van der Waals surface area contributed by atoms with Crippen LogP contribution in [0.3, 0.4) is 0 Å². The molecule has 0 bridgehead atoms. The zero-order valence-electron chi connectivity index (χ0n) is 4.62. The molecule has 0 aromatic heterocycles. The molecule has 1 unspecified atom stereocenters. The topological polar surface area (TPSA) is 46.7 Å². The molecule has 0 spiro atoms. The van der Waals surface area contributed by atoms with Crippen LogP contribution in [0.1, 0.15) is 19.8 Å². The third kappa shape index (κ3) is 1.00. The molecule has 1 saturated heterocycles. The van der Waals surface area contributed by atoms with Crippen molar-refractivity contribution in [2.24, 2.45) is 0 Å². The molecule has 8 heavy (non-hydrogen) atoms. The van der Waals surface area contributed by atoms with E-state index in [1.54, 1.807) is 0 Å². The van der Waals surface area contributed by atoms with Crippen LogP contribution >= 0.6 is 0 Å². The Hall–Kier alpha value is -0.0900. The average Bonchev–Trinajstić information content (AvgIpc) is 2.15. The van der Waals surface area contributed by atoms with Crippen molar-refractivity contribution in [1.29, 1.82) is 0 Å². The molecule has 1 fully saturated rings. The molecule has 1 aliphatic rings. The molecule has 0 amide bonds. The maximum absolute atomic E-state index is 10.2. The first kappa shape index (κ1) is 6.04. The highest BCUT2D eigenvalue weighted by molar-refractivity contribution is 7.92. The van der Waals surface area contributed by atoms with Gasteiger partial charge in [-0.25, -0.2) is 4.18 Å². The lowest BCUT2D eigenvalue weighted by Gasteiger charge is -1.76. The van der Waals surface area contributed by atoms with Crippen molar-refractivity contribution in [3.63, 3.8) is 0 Å². The molecule has 1 atom stereocenters. The zero-order valence-corrected chi connectivity index (χ0v) is 5.44. The van der Waals surface area contributed by atoms with Gasteiger partial charge in [0.15, 0.2) is 0 Å². The van der Waals surface area contributed by atoms with Gasteiger partial charge in [0.1, 0.15) is 0 Å². The summed E-state index contributed by atoms with van der Waals surface area (Å²) in [6.07, 6.45) is 1.51. The molecule has 0 N–H and O–H groups in total. The Morgan fingerprint density at radius 1 is 1.62 bits per heavy atom. The van der Waals surface area contributed by atoms with Crippen molar-refractivity contribution in [3.8, 4) is 0 Å². The van der Waals surface area contributed by atoms with Crippen LogP contribution in [0.15, 0.2) is 0 Å². The van der Waals surface area contributed by atoms with Gasteiger partial charge in [-0.15, -0.1) is 0 Å². The largest absolute Gasteiger partial charge is 0.297 e. The van der Waals surface area contributed by atoms with Crippen LogP contribution in [0.5, 0.6) is 0 Å². The second-order valence-corrected chi connectivity index (χ2v) is 3.51. The maximum Gasteiger partial charge on any atom is 0.297 e. The fraction of sp³-hybridized carbons (Fsp3) is 1.00. The van der Waals surface area contributed by atoms with Crippen molar-refractivity contribution >= 4 is 10.1 Å². The second kappa shape index (κ2) is 1.70. The van der Waals surface area contributed by atoms with Crippen LogP contribution in [0.4, 0.5) is 0 Å². The van der Waals surface area contributed by atoms with Crippen LogP contribution in [-0.2, 0) is 14.3 Å². The normalized spacial score (nSPS) is 32.4. The van der Waals surface area contributed by atoms with E-state index in [1.165, 1.54) is 0 Å². The maximum atomic E-state index is 10.2. The Morgan fingerprint density at radius 2 is 2.12 bits per heavy atom. The number of hydrogen-bond acceptors (Lipinski definition) is 3. The summed E-state index contributed by atoms with van der Waals surface area (Å²) in [5, 5.41) is 0. The molecule has 1 aliphatic heterocycles. The molecular weight excluding hydrogens is 128 g/mol. The first-order valence-electron chi connectivity index (χ1n) is 2.59. The highest BCUT2D eigenvalue weighted by atomic mass is 32.2. The van der Waals surface area contributed by atoms with E-state index in [4.69, 9.17) is 0 Å². The predicted octanol–water partition coefficient (Wildman–Crippen LogP) is 0.473. The van der Waals surface area contributed by atoms with E-state index in [2.05, 4.69) is 4.18 Å². The van der Waals surface area contributed by atoms with Crippen molar-refractivity contribution in [2.45, 2.75) is 25.2 Å². The molecular formula is C4H8O3S. The molecule has 1 heterocycles. The van der Waals surface area contributed by atoms with Gasteiger partial charge >= 0.3 is 0 Å². The summed E-state index contributed by atoms with van der Waals surface area (Å²) < 4.78 is 24.8. The molecule has 0 radical (unpaired) electrons. The van der Waals surface area contributed by atoms with E-state index < -0.39 is 15.6 Å². The summed E-state index contributed by atoms with van der Waals surface area (Å²) in [4.78, 5) is 0. The van der Waals surface area contributed by atoms with E-state index in [-0.39, 0.29) is 0 Å². The third-order valence-corrected chi connectivity index (χ3v) is 2.34. The van der Waals surface area contributed by atoms with E-state index in [1.807, 2.05) is 6.92 Å². The minimum atomic E-state index is -3.02. The van der Waals surface area contributed by atoms with Gasteiger partial charge in [-0.05, 0) is 6.42 Å². The molecule has 4 heteroatoms. The number of rotatable bonds is 2. The van der Waals surface area contributed by atoms with E-state index in [0.29, 0.717) is 6.42 Å². The lowest BCUT2D eigenvalue weighted by Crippen LogP contribution is -1.84. The Labute approximate surface area is 48.8 Å². The lowest BCUT2D eigenvalue weighted by molar-refractivity contribution is 0.426. The highest BCUT2D eigenvalue weighted by Gasteiger charge is 2.44. The summed E-state index contributed by atoms with van der Waals surface area (Å²) >= 11 is 0. The fourth-order valence-electron chi connectivity index (χ4n) is 0.555. The summed E-state index contributed by atoms with van der Waals surface area (Å²) in [6.45, 7) is 1.93. The van der Waals surface area contributed by atoms with Gasteiger partial charge < -0.3 is 0 Å². The van der Waals surface area contributed by atoms with Crippen molar-refractivity contribution < 1.29 is 12.6 Å². The van der Waals surface area contributed by atoms with Gasteiger partial charge in [-0.3, -0.25) is 0 Å². The third-order valence-electron chi connectivity index (χ3n) is 1.05. The summed E-state index contributed by atoms with van der Waals surface area (Å²) in [5.74, 6) is 0. The van der Waals surface area contributed by atoms with E-state index in [0.717, 1.165) is 6.42 Å². The minimum absolute atomic E-state index is 0.465. The first-order valence-corrected chi connectivity index (χ1v) is 4.06. The van der Waals surface area contributed by atoms with Crippen LogP contribution in [0, 0.1) is 0 Å². The van der Waals surface area contributed by atoms with Gasteiger partial charge in [-0.1, -0.05) is 13.3 Å². The van der Waals surface area contributed by atoms with Gasteiger partial charge in [0.2, 0.25) is 5.44 Å². The summed E-state index contributed by atoms with van der Waals surface area (Å²) in [7, 11) is -3.02. The standard InChI is InChI=1S/C4H8O3S/c1-2-3-4-7-8(4,5)6/h4H,2-3H2,1H3. The van der Waals surface area contributed by atoms with E-state index >= 15 is 0 Å². The fourth-order valence-corrected chi connectivity index (χ4v) is 1.62. The molecule has 1 rings (SSSR count). The highest BCUT2D eigenvalue weighted by Crippen LogP contribution is 2.27. The van der Waals surface area contributed by atoms with Gasteiger partial charge in [0.05, 0.1) is 0 Å². The van der Waals surface area contributed by atoms with Crippen LogP contribution in [-0.4, -0.2) is 13.9 Å². The minimum Gasteiger partial charge on any atom is -0.246 e. The Bertz CT molecular complexity index is 170. The molecule has 48 valence electrons. The molecule has 0 aromatic carbocycles. The smallest absolute Gasteiger partial charge is 0.246 e. The predicted molar refractivity (Wildman–Crippen MR) is 28.7 cm³/mol. The quantitative estimate of drug-likeness (QED) is 0.518. The molecule has 0 aliphatic carbocycles. The monoisotopic (exact) mass is 136 g/mol. The van der Waals surface area contributed by atoms with Crippen molar-refractivity contribution in [3.05, 3.63) is 0 Å². The van der Waals surface area contributed by atoms with Gasteiger partial charge in [0.25, 0.3) is 10.1 Å². The summed E-state index contributed by atoms with van der Waals surface area (Å²) in [5.41, 5.74) is -0.465. The van der Waals surface area contributed by atoms with Crippen LogP contribution in [0.25, 0.3) is 0 Å². The molecule has 0 aromatic rings. The molecule has 0 saturated carbocycles. The SMILES string of the molecule is CCCC1OS1(=O)=O. The van der Waals surface area contributed by atoms with Crippen LogP contribution in [0.2, 0.25) is 0 Å². The van der Waals surface area contributed by atoms with Crippen LogP contribution < -0.4 is 0 Å².